The topological polar surface area (TPSA) is 41.6 Å². The second-order valence-corrected chi connectivity index (χ2v) is 5.42. The van der Waals surface area contributed by atoms with Gasteiger partial charge in [-0.25, -0.2) is 0 Å². The highest BCUT2D eigenvalue weighted by Crippen LogP contribution is 2.26. The van der Waals surface area contributed by atoms with E-state index in [9.17, 15) is 4.79 Å². The number of ether oxygens (including phenoxy) is 1. The zero-order chi connectivity index (χ0) is 15.1. The summed E-state index contributed by atoms with van der Waals surface area (Å²) in [5, 5.41) is 3.04. The van der Waals surface area contributed by atoms with E-state index in [4.69, 9.17) is 4.74 Å². The van der Waals surface area contributed by atoms with Gasteiger partial charge in [0.2, 0.25) is 5.91 Å². The van der Waals surface area contributed by atoms with E-state index < -0.39 is 0 Å². The van der Waals surface area contributed by atoms with Crippen LogP contribution in [-0.2, 0) is 4.79 Å². The molecule has 1 saturated heterocycles. The van der Waals surface area contributed by atoms with Crippen molar-refractivity contribution in [3.8, 4) is 5.75 Å². The van der Waals surface area contributed by atoms with Crippen LogP contribution in [0.15, 0.2) is 24.3 Å². The highest BCUT2D eigenvalue weighted by molar-refractivity contribution is 5.75. The van der Waals surface area contributed by atoms with Crippen molar-refractivity contribution in [3.05, 3.63) is 29.8 Å². The van der Waals surface area contributed by atoms with Crippen molar-refractivity contribution < 1.29 is 9.53 Å². The smallest absolute Gasteiger partial charge is 0.219 e. The minimum atomic E-state index is 0.116. The predicted octanol–water partition coefficient (Wildman–Crippen LogP) is 2.75. The highest BCUT2D eigenvalue weighted by atomic mass is 16.5. The van der Waals surface area contributed by atoms with Crippen LogP contribution in [-0.4, -0.2) is 37.0 Å². The third-order valence-electron chi connectivity index (χ3n) is 3.97. The molecule has 1 heterocycles. The van der Waals surface area contributed by atoms with Crippen molar-refractivity contribution in [1.82, 2.24) is 10.2 Å². The summed E-state index contributed by atoms with van der Waals surface area (Å²) in [5.74, 6) is 1.02. The second kappa shape index (κ2) is 8.03. The van der Waals surface area contributed by atoms with Gasteiger partial charge in [-0.1, -0.05) is 19.1 Å². The van der Waals surface area contributed by atoms with Gasteiger partial charge in [-0.15, -0.1) is 0 Å². The molecule has 1 N–H and O–H groups in total. The van der Waals surface area contributed by atoms with E-state index in [0.717, 1.165) is 18.8 Å². The molecule has 0 spiro atoms. The van der Waals surface area contributed by atoms with Gasteiger partial charge in [0, 0.05) is 13.0 Å². The van der Waals surface area contributed by atoms with Crippen LogP contribution < -0.4 is 10.1 Å². The highest BCUT2D eigenvalue weighted by Gasteiger charge is 2.23. The van der Waals surface area contributed by atoms with Crippen LogP contribution in [0.5, 0.6) is 5.75 Å². The molecule has 1 amide bonds. The molecule has 0 radical (unpaired) electrons. The molecule has 4 nitrogen and oxygen atoms in total. The van der Waals surface area contributed by atoms with Gasteiger partial charge < -0.3 is 10.1 Å². The molecule has 1 atom stereocenters. The summed E-state index contributed by atoms with van der Waals surface area (Å²) in [6.45, 7) is 7.46. The van der Waals surface area contributed by atoms with E-state index in [1.165, 1.54) is 18.4 Å². The van der Waals surface area contributed by atoms with Gasteiger partial charge in [-0.2, -0.15) is 0 Å². The first-order valence-corrected chi connectivity index (χ1v) is 7.98. The molecule has 1 aromatic carbocycles. The summed E-state index contributed by atoms with van der Waals surface area (Å²) >= 11 is 0. The zero-order valence-corrected chi connectivity index (χ0v) is 13.1. The maximum atomic E-state index is 11.6. The number of benzene rings is 1. The molecule has 1 unspecified atom stereocenters. The molecule has 21 heavy (non-hydrogen) atoms. The number of hydrogen-bond donors (Lipinski definition) is 1. The second-order valence-electron chi connectivity index (χ2n) is 5.42. The maximum absolute atomic E-state index is 11.6. The lowest BCUT2D eigenvalue weighted by Crippen LogP contribution is -2.36. The summed E-state index contributed by atoms with van der Waals surface area (Å²) in [6, 6.07) is 8.53. The first-order valence-electron chi connectivity index (χ1n) is 7.98. The van der Waals surface area contributed by atoms with Gasteiger partial charge in [0.15, 0.2) is 0 Å². The third-order valence-corrected chi connectivity index (χ3v) is 3.97. The number of carbonyl (C=O) groups is 1. The molecule has 2 rings (SSSR count). The molecular weight excluding hydrogens is 264 g/mol. The summed E-state index contributed by atoms with van der Waals surface area (Å²) in [5.41, 5.74) is 1.25. The number of hydrogen-bond acceptors (Lipinski definition) is 3. The molecule has 0 aromatic heterocycles. The number of likely N-dealkylation sites (tertiary alicyclic amines) is 1. The first kappa shape index (κ1) is 15.8. The van der Waals surface area contributed by atoms with Gasteiger partial charge in [0.05, 0.1) is 12.6 Å². The van der Waals surface area contributed by atoms with Crippen LogP contribution in [0.1, 0.15) is 44.7 Å². The fraction of sp³-hybridized carbons (Fsp3) is 0.588. The summed E-state index contributed by atoms with van der Waals surface area (Å²) in [6.07, 6.45) is 3.03. The minimum Gasteiger partial charge on any atom is -0.494 e. The van der Waals surface area contributed by atoms with Crippen LogP contribution in [0.4, 0.5) is 0 Å². The van der Waals surface area contributed by atoms with Crippen molar-refractivity contribution in [2.45, 2.75) is 39.2 Å². The van der Waals surface area contributed by atoms with Crippen molar-refractivity contribution in [3.63, 3.8) is 0 Å². The van der Waals surface area contributed by atoms with E-state index in [1.807, 2.05) is 26.0 Å². The van der Waals surface area contributed by atoms with Gasteiger partial charge >= 0.3 is 0 Å². The lowest BCUT2D eigenvalue weighted by Gasteiger charge is -2.28. The third kappa shape index (κ3) is 4.46. The molecule has 0 saturated carbocycles. The SMILES string of the molecule is CCOc1ccc(C(CNC(=O)CC)N2CCCC2)cc1. The van der Waals surface area contributed by atoms with Gasteiger partial charge in [0.25, 0.3) is 0 Å². The van der Waals surface area contributed by atoms with Crippen LogP contribution >= 0.6 is 0 Å². The fourth-order valence-electron chi connectivity index (χ4n) is 2.80. The molecule has 0 bridgehead atoms. The maximum Gasteiger partial charge on any atom is 0.219 e. The molecule has 4 heteroatoms. The van der Waals surface area contributed by atoms with Crippen LogP contribution in [0.25, 0.3) is 0 Å². The average molecular weight is 290 g/mol. The van der Waals surface area contributed by atoms with E-state index >= 15 is 0 Å². The van der Waals surface area contributed by atoms with Crippen LogP contribution in [0, 0.1) is 0 Å². The summed E-state index contributed by atoms with van der Waals surface area (Å²) in [4.78, 5) is 14.0. The molecule has 1 aromatic rings. The predicted molar refractivity (Wildman–Crippen MR) is 84.5 cm³/mol. The Morgan fingerprint density at radius 2 is 1.90 bits per heavy atom. The Labute approximate surface area is 127 Å². The molecule has 1 aliphatic heterocycles. The Hall–Kier alpha value is -1.55. The van der Waals surface area contributed by atoms with Gasteiger partial charge in [-0.05, 0) is 50.6 Å². The van der Waals surface area contributed by atoms with Crippen molar-refractivity contribution >= 4 is 5.91 Å². The molecule has 1 aliphatic rings. The Bertz CT molecular complexity index is 439. The summed E-state index contributed by atoms with van der Waals surface area (Å²) in [7, 11) is 0. The molecule has 116 valence electrons. The number of amides is 1. The number of nitrogens with one attached hydrogen (secondary N) is 1. The Kier molecular flexibility index (Phi) is 6.05. The van der Waals surface area contributed by atoms with E-state index in [0.29, 0.717) is 19.6 Å². The number of nitrogens with zero attached hydrogens (tertiary/aromatic N) is 1. The lowest BCUT2D eigenvalue weighted by atomic mass is 10.1. The summed E-state index contributed by atoms with van der Waals surface area (Å²) < 4.78 is 5.50. The Morgan fingerprint density at radius 1 is 1.24 bits per heavy atom. The van der Waals surface area contributed by atoms with Crippen LogP contribution in [0.2, 0.25) is 0 Å². The largest absolute Gasteiger partial charge is 0.494 e. The van der Waals surface area contributed by atoms with Crippen molar-refractivity contribution in [1.29, 1.82) is 0 Å². The molecular formula is C17H26N2O2. The monoisotopic (exact) mass is 290 g/mol. The number of rotatable bonds is 7. The average Bonchev–Trinajstić information content (AvgIpc) is 3.03. The normalized spacial score (nSPS) is 16.7. The lowest BCUT2D eigenvalue weighted by molar-refractivity contribution is -0.121. The molecule has 1 fully saturated rings. The van der Waals surface area contributed by atoms with Crippen molar-refractivity contribution in [2.24, 2.45) is 0 Å². The minimum absolute atomic E-state index is 0.116. The van der Waals surface area contributed by atoms with E-state index in [-0.39, 0.29) is 11.9 Å². The van der Waals surface area contributed by atoms with Crippen molar-refractivity contribution in [2.75, 3.05) is 26.2 Å². The Balaban J connectivity index is 2.07. The standard InChI is InChI=1S/C17H26N2O2/c1-3-17(20)18-13-16(19-11-5-6-12-19)14-7-9-15(10-8-14)21-4-2/h7-10,16H,3-6,11-13H2,1-2H3,(H,18,20). The van der Waals surface area contributed by atoms with E-state index in [1.54, 1.807) is 0 Å². The first-order chi connectivity index (χ1) is 10.2. The number of carbonyl (C=O) groups excluding carboxylic acids is 1. The molecule has 0 aliphatic carbocycles. The quantitative estimate of drug-likeness (QED) is 0.839. The zero-order valence-electron chi connectivity index (χ0n) is 13.1. The van der Waals surface area contributed by atoms with Gasteiger partial charge in [-0.3, -0.25) is 9.69 Å². The fourth-order valence-corrected chi connectivity index (χ4v) is 2.80. The van der Waals surface area contributed by atoms with Gasteiger partial charge in [0.1, 0.15) is 5.75 Å². The Morgan fingerprint density at radius 3 is 2.48 bits per heavy atom. The van der Waals surface area contributed by atoms with E-state index in [2.05, 4.69) is 22.3 Å². The van der Waals surface area contributed by atoms with Crippen LogP contribution in [0.3, 0.4) is 0 Å².